The average molecular weight is 596 g/mol. The SMILES string of the molecule is CCN[C@@H]1[C@@H](O)[C@H](N)C([C@H]2O[C@H](CN)CC[C@H]2N)[C@H](O[C@@H]2O[C@H](CO)[C@@H](O[C@H]3O[C@@H](C)[C@@H](O)[C@H](O)[C@H]3N)[C@H]2O)[C@H]1O. The fraction of sp³-hybridized carbons (Fsp3) is 1.00. The third kappa shape index (κ3) is 6.58. The number of aliphatic hydroxyl groups excluding tert-OH is 6. The predicted molar refractivity (Wildman–Crippen MR) is 142 cm³/mol. The van der Waals surface area contributed by atoms with Crippen LogP contribution in [-0.4, -0.2) is 154 Å². The Hall–Kier alpha value is -0.640. The molecule has 4 rings (SSSR count). The second-order valence-electron chi connectivity index (χ2n) is 11.6. The predicted octanol–water partition coefficient (Wildman–Crippen LogP) is -5.88. The van der Waals surface area contributed by atoms with Gasteiger partial charge < -0.3 is 82.6 Å². The van der Waals surface area contributed by atoms with Crippen LogP contribution in [0.2, 0.25) is 0 Å². The molecule has 0 aromatic rings. The molecule has 18 atom stereocenters. The minimum atomic E-state index is -1.51. The molecule has 0 aromatic carbocycles. The van der Waals surface area contributed by atoms with Crippen molar-refractivity contribution in [2.24, 2.45) is 28.9 Å². The van der Waals surface area contributed by atoms with Crippen LogP contribution in [0.4, 0.5) is 0 Å². The number of rotatable bonds is 9. The molecule has 0 radical (unpaired) electrons. The first kappa shape index (κ1) is 33.3. The smallest absolute Gasteiger partial charge is 0.187 e. The van der Waals surface area contributed by atoms with Gasteiger partial charge in [0.2, 0.25) is 0 Å². The van der Waals surface area contributed by atoms with Gasteiger partial charge in [-0.25, -0.2) is 0 Å². The molecule has 15 N–H and O–H groups in total. The van der Waals surface area contributed by atoms with Crippen LogP contribution in [-0.2, 0) is 23.7 Å². The first-order chi connectivity index (χ1) is 19.4. The minimum absolute atomic E-state index is 0.249. The van der Waals surface area contributed by atoms with Crippen molar-refractivity contribution in [3.8, 4) is 0 Å². The van der Waals surface area contributed by atoms with Gasteiger partial charge >= 0.3 is 0 Å². The molecule has 4 aliphatic rings. The molecule has 3 heterocycles. The number of likely N-dealkylation sites (N-methyl/N-ethyl adjacent to an activating group) is 1. The van der Waals surface area contributed by atoms with Gasteiger partial charge in [-0.3, -0.25) is 0 Å². The van der Waals surface area contributed by atoms with Crippen molar-refractivity contribution in [1.29, 1.82) is 0 Å². The summed E-state index contributed by atoms with van der Waals surface area (Å²) in [6.07, 6.45) is -13.3. The molecule has 0 bridgehead atoms. The lowest BCUT2D eigenvalue weighted by molar-refractivity contribution is -0.279. The zero-order valence-electron chi connectivity index (χ0n) is 23.5. The van der Waals surface area contributed by atoms with E-state index in [1.165, 1.54) is 6.92 Å². The Morgan fingerprint density at radius 1 is 0.805 bits per heavy atom. The maximum atomic E-state index is 11.4. The Balaban J connectivity index is 1.57. The van der Waals surface area contributed by atoms with Gasteiger partial charge in [-0.2, -0.15) is 0 Å². The lowest BCUT2D eigenvalue weighted by Gasteiger charge is -2.52. The van der Waals surface area contributed by atoms with Gasteiger partial charge in [0.25, 0.3) is 0 Å². The first-order valence-corrected chi connectivity index (χ1v) is 14.4. The molecule has 41 heavy (non-hydrogen) atoms. The maximum Gasteiger partial charge on any atom is 0.187 e. The number of aliphatic hydroxyl groups is 6. The number of hydrogen-bond donors (Lipinski definition) is 11. The van der Waals surface area contributed by atoms with Crippen LogP contribution < -0.4 is 28.3 Å². The van der Waals surface area contributed by atoms with E-state index in [0.717, 1.165) is 0 Å². The molecule has 16 nitrogen and oxygen atoms in total. The van der Waals surface area contributed by atoms with Crippen LogP contribution in [0, 0.1) is 5.92 Å². The molecule has 16 heteroatoms. The van der Waals surface area contributed by atoms with Crippen molar-refractivity contribution >= 4 is 0 Å². The quantitative estimate of drug-likeness (QED) is 0.118. The van der Waals surface area contributed by atoms with Crippen molar-refractivity contribution < 1.29 is 54.3 Å². The fourth-order valence-corrected chi connectivity index (χ4v) is 6.47. The van der Waals surface area contributed by atoms with Gasteiger partial charge in [-0.1, -0.05) is 6.92 Å². The van der Waals surface area contributed by atoms with Crippen LogP contribution in [0.5, 0.6) is 0 Å². The van der Waals surface area contributed by atoms with E-state index in [9.17, 15) is 30.6 Å². The van der Waals surface area contributed by atoms with Crippen molar-refractivity contribution in [2.45, 2.75) is 131 Å². The number of nitrogens with one attached hydrogen (secondary N) is 1. The van der Waals surface area contributed by atoms with E-state index in [4.69, 9.17) is 46.6 Å². The Labute approximate surface area is 239 Å². The Kier molecular flexibility index (Phi) is 11.3. The summed E-state index contributed by atoms with van der Waals surface area (Å²) in [6.45, 7) is 3.44. The normalized spacial score (nSPS) is 53.0. The number of ether oxygens (including phenoxy) is 5. The van der Waals surface area contributed by atoms with Crippen LogP contribution in [0.1, 0.15) is 26.7 Å². The monoisotopic (exact) mass is 595 g/mol. The van der Waals surface area contributed by atoms with Crippen molar-refractivity contribution in [3.05, 3.63) is 0 Å². The van der Waals surface area contributed by atoms with E-state index in [-0.39, 0.29) is 12.6 Å². The van der Waals surface area contributed by atoms with E-state index in [0.29, 0.717) is 19.4 Å². The molecule has 1 unspecified atom stereocenters. The molecule has 1 aliphatic carbocycles. The van der Waals surface area contributed by atoms with Crippen LogP contribution in [0.3, 0.4) is 0 Å². The molecular weight excluding hydrogens is 546 g/mol. The molecule has 0 spiro atoms. The summed E-state index contributed by atoms with van der Waals surface area (Å²) in [6, 6.07) is -3.46. The highest BCUT2D eigenvalue weighted by atomic mass is 16.7. The number of hydrogen-bond acceptors (Lipinski definition) is 16. The van der Waals surface area contributed by atoms with Crippen LogP contribution in [0.15, 0.2) is 0 Å². The Bertz CT molecular complexity index is 837. The van der Waals surface area contributed by atoms with Gasteiger partial charge in [0.15, 0.2) is 12.6 Å². The molecule has 1 saturated carbocycles. The third-order valence-electron chi connectivity index (χ3n) is 8.91. The summed E-state index contributed by atoms with van der Waals surface area (Å²) >= 11 is 0. The maximum absolute atomic E-state index is 11.4. The van der Waals surface area contributed by atoms with E-state index in [1.807, 2.05) is 6.92 Å². The molecule has 0 aromatic heterocycles. The summed E-state index contributed by atoms with van der Waals surface area (Å²) in [5.74, 6) is -0.824. The highest BCUT2D eigenvalue weighted by Gasteiger charge is 2.57. The van der Waals surface area contributed by atoms with Crippen LogP contribution in [0.25, 0.3) is 0 Å². The summed E-state index contributed by atoms with van der Waals surface area (Å²) in [5, 5.41) is 67.1. The molecule has 3 saturated heterocycles. The fourth-order valence-electron chi connectivity index (χ4n) is 6.47. The minimum Gasteiger partial charge on any atom is -0.394 e. The van der Waals surface area contributed by atoms with Gasteiger partial charge in [0.05, 0.1) is 55.3 Å². The van der Waals surface area contributed by atoms with Crippen molar-refractivity contribution in [1.82, 2.24) is 5.32 Å². The topological polar surface area (TPSA) is 284 Å². The van der Waals surface area contributed by atoms with Gasteiger partial charge in [-0.15, -0.1) is 0 Å². The third-order valence-corrected chi connectivity index (χ3v) is 8.91. The molecule has 4 fully saturated rings. The highest BCUT2D eigenvalue weighted by Crippen LogP contribution is 2.38. The zero-order valence-corrected chi connectivity index (χ0v) is 23.5. The van der Waals surface area contributed by atoms with Gasteiger partial charge in [0, 0.05) is 24.5 Å². The van der Waals surface area contributed by atoms with Crippen LogP contribution >= 0.6 is 0 Å². The number of nitrogens with two attached hydrogens (primary N) is 4. The highest BCUT2D eigenvalue weighted by molar-refractivity contribution is 5.09. The van der Waals surface area contributed by atoms with Gasteiger partial charge in [-0.05, 0) is 26.3 Å². The Morgan fingerprint density at radius 3 is 2.12 bits per heavy atom. The lowest BCUT2D eigenvalue weighted by atomic mass is 9.70. The van der Waals surface area contributed by atoms with Gasteiger partial charge in [0.1, 0.15) is 30.5 Å². The van der Waals surface area contributed by atoms with E-state index < -0.39 is 110 Å². The average Bonchev–Trinajstić information content (AvgIpc) is 3.25. The largest absolute Gasteiger partial charge is 0.394 e. The lowest BCUT2D eigenvalue weighted by Crippen LogP contribution is -2.72. The molecule has 240 valence electrons. The molecule has 3 aliphatic heterocycles. The van der Waals surface area contributed by atoms with Crippen molar-refractivity contribution in [2.75, 3.05) is 19.7 Å². The summed E-state index contributed by atoms with van der Waals surface area (Å²) in [5.41, 5.74) is 24.8. The Morgan fingerprint density at radius 2 is 1.49 bits per heavy atom. The molecular formula is C25H49N5O11. The standard InChI is InChI=1S/C25H49N5O11/c1-3-30-15-17(33)13(28)12(21-10(27)5-4-9(6-26)38-21)23(19(15)35)41-25-20(36)22(11(7-31)39-25)40-24-14(29)18(34)16(32)8(2)37-24/h8-25,30-36H,3-7,26-29H2,1-2H3/t8-,9-,10+,11+,12?,13+,14+,15+,16+,17-,18+,19-,20+,21-,22+,23-,24+,25-/m0/s1. The second-order valence-corrected chi connectivity index (χ2v) is 11.6. The van der Waals surface area contributed by atoms with Crippen molar-refractivity contribution in [3.63, 3.8) is 0 Å². The molecule has 0 amide bonds. The van der Waals surface area contributed by atoms with E-state index in [1.54, 1.807) is 0 Å². The summed E-state index contributed by atoms with van der Waals surface area (Å²) in [7, 11) is 0. The first-order valence-electron chi connectivity index (χ1n) is 14.4. The summed E-state index contributed by atoms with van der Waals surface area (Å²) in [4.78, 5) is 0. The summed E-state index contributed by atoms with van der Waals surface area (Å²) < 4.78 is 29.7. The zero-order chi connectivity index (χ0) is 30.2. The van der Waals surface area contributed by atoms with E-state index >= 15 is 0 Å². The second kappa shape index (κ2) is 14.0. The van der Waals surface area contributed by atoms with E-state index in [2.05, 4.69) is 5.32 Å².